The van der Waals surface area contributed by atoms with E-state index in [2.05, 4.69) is 10.1 Å². The molecule has 0 atom stereocenters. The van der Waals surface area contributed by atoms with E-state index in [1.165, 1.54) is 0 Å². The van der Waals surface area contributed by atoms with Crippen molar-refractivity contribution in [3.63, 3.8) is 0 Å². The molecule has 1 heterocycles. The Morgan fingerprint density at radius 3 is 3.00 bits per heavy atom. The summed E-state index contributed by atoms with van der Waals surface area (Å²) in [4.78, 5) is 7.16. The molecule has 1 saturated heterocycles. The van der Waals surface area contributed by atoms with Gasteiger partial charge in [-0.1, -0.05) is 5.16 Å². The first-order valence-corrected chi connectivity index (χ1v) is 4.72. The van der Waals surface area contributed by atoms with Crippen molar-refractivity contribution in [1.29, 1.82) is 0 Å². The monoisotopic (exact) mass is 270 g/mol. The highest BCUT2D eigenvalue weighted by Gasteiger charge is 2.27. The number of oxime groups is 1. The van der Waals surface area contributed by atoms with E-state index in [4.69, 9.17) is 9.94 Å². The molecule has 0 saturated carbocycles. The van der Waals surface area contributed by atoms with E-state index < -0.39 is 0 Å². The first kappa shape index (κ1) is 9.21. The van der Waals surface area contributed by atoms with Gasteiger partial charge < -0.3 is 9.94 Å². The van der Waals surface area contributed by atoms with E-state index in [0.717, 1.165) is 19.6 Å². The SMILES string of the molecule is OCCN1CC(O/N=C/I)C1. The summed E-state index contributed by atoms with van der Waals surface area (Å²) < 4.78 is 1.60. The zero-order valence-electron chi connectivity index (χ0n) is 6.11. The van der Waals surface area contributed by atoms with Gasteiger partial charge in [-0.15, -0.1) is 0 Å². The summed E-state index contributed by atoms with van der Waals surface area (Å²) in [5, 5.41) is 12.2. The topological polar surface area (TPSA) is 45.1 Å². The second kappa shape index (κ2) is 4.89. The van der Waals surface area contributed by atoms with Crippen molar-refractivity contribution in [3.05, 3.63) is 0 Å². The fourth-order valence-electron chi connectivity index (χ4n) is 1.02. The average molecular weight is 270 g/mol. The zero-order valence-corrected chi connectivity index (χ0v) is 8.27. The molecule has 0 aromatic rings. The number of hydrogen-bond acceptors (Lipinski definition) is 4. The van der Waals surface area contributed by atoms with Gasteiger partial charge in [0.15, 0.2) is 6.10 Å². The Morgan fingerprint density at radius 2 is 2.45 bits per heavy atom. The van der Waals surface area contributed by atoms with Crippen molar-refractivity contribution in [2.24, 2.45) is 5.16 Å². The number of nitrogens with zero attached hydrogens (tertiary/aromatic N) is 2. The molecule has 0 unspecified atom stereocenters. The molecule has 1 rings (SSSR count). The summed E-state index contributed by atoms with van der Waals surface area (Å²) >= 11 is 2.01. The van der Waals surface area contributed by atoms with E-state index >= 15 is 0 Å². The van der Waals surface area contributed by atoms with Crippen molar-refractivity contribution in [2.45, 2.75) is 6.10 Å². The van der Waals surface area contributed by atoms with E-state index in [1.807, 2.05) is 22.6 Å². The number of hydrogen-bond donors (Lipinski definition) is 1. The minimum absolute atomic E-state index is 0.224. The smallest absolute Gasteiger partial charge is 0.152 e. The van der Waals surface area contributed by atoms with E-state index in [1.54, 1.807) is 4.22 Å². The zero-order chi connectivity index (χ0) is 8.10. The second-order valence-corrected chi connectivity index (χ2v) is 2.97. The van der Waals surface area contributed by atoms with E-state index in [-0.39, 0.29) is 12.7 Å². The summed E-state index contributed by atoms with van der Waals surface area (Å²) in [6.45, 7) is 2.74. The Hall–Kier alpha value is 0.120. The molecule has 0 bridgehead atoms. The molecule has 0 amide bonds. The van der Waals surface area contributed by atoms with Gasteiger partial charge in [-0.05, 0) is 22.6 Å². The second-order valence-electron chi connectivity index (χ2n) is 2.41. The van der Waals surface area contributed by atoms with Crippen LogP contribution in [0.4, 0.5) is 0 Å². The van der Waals surface area contributed by atoms with Gasteiger partial charge in [0, 0.05) is 19.6 Å². The number of β-amino-alcohol motifs (C(OH)–C–C–N with tert-alkyl or cyclic N) is 1. The Morgan fingerprint density at radius 1 is 1.73 bits per heavy atom. The predicted octanol–water partition coefficient (Wildman–Crippen LogP) is 0.0578. The molecule has 0 aliphatic carbocycles. The van der Waals surface area contributed by atoms with Crippen LogP contribution in [0.5, 0.6) is 0 Å². The van der Waals surface area contributed by atoms with Crippen molar-refractivity contribution in [1.82, 2.24) is 4.90 Å². The standard InChI is InChI=1S/C6H11IN2O2/c7-5-8-11-6-3-9(4-6)1-2-10/h5-6,10H,1-4H2/b8-5+. The number of rotatable bonds is 4. The average Bonchev–Trinajstić information content (AvgIpc) is 1.94. The lowest BCUT2D eigenvalue weighted by molar-refractivity contribution is -0.0557. The van der Waals surface area contributed by atoms with E-state index in [0.29, 0.717) is 0 Å². The molecule has 1 aliphatic heterocycles. The number of likely N-dealkylation sites (tertiary alicyclic amines) is 1. The van der Waals surface area contributed by atoms with Crippen LogP contribution < -0.4 is 0 Å². The molecular formula is C6H11IN2O2. The maximum Gasteiger partial charge on any atom is 0.152 e. The van der Waals surface area contributed by atoms with Crippen molar-refractivity contribution in [3.8, 4) is 0 Å². The summed E-state index contributed by atoms with van der Waals surface area (Å²) in [6.07, 6.45) is 0.229. The first-order valence-electron chi connectivity index (χ1n) is 3.48. The maximum absolute atomic E-state index is 8.55. The minimum atomic E-state index is 0.224. The molecular weight excluding hydrogens is 259 g/mol. The van der Waals surface area contributed by atoms with Gasteiger partial charge >= 0.3 is 0 Å². The van der Waals surface area contributed by atoms with Gasteiger partial charge in [0.25, 0.3) is 0 Å². The van der Waals surface area contributed by atoms with Crippen molar-refractivity contribution in [2.75, 3.05) is 26.2 Å². The fraction of sp³-hybridized carbons (Fsp3) is 0.833. The van der Waals surface area contributed by atoms with Crippen LogP contribution in [0.3, 0.4) is 0 Å². The van der Waals surface area contributed by atoms with E-state index in [9.17, 15) is 0 Å². The quantitative estimate of drug-likeness (QED) is 0.446. The number of halogens is 1. The molecule has 64 valence electrons. The van der Waals surface area contributed by atoms with Gasteiger partial charge in [0.1, 0.15) is 4.22 Å². The van der Waals surface area contributed by atoms with Crippen LogP contribution in [0.15, 0.2) is 5.16 Å². The van der Waals surface area contributed by atoms with Crippen LogP contribution in [0.2, 0.25) is 0 Å². The highest BCUT2D eigenvalue weighted by atomic mass is 127. The normalized spacial score (nSPS) is 20.5. The Kier molecular flexibility index (Phi) is 4.09. The molecule has 5 heteroatoms. The molecule has 0 spiro atoms. The molecule has 0 radical (unpaired) electrons. The third-order valence-electron chi connectivity index (χ3n) is 1.59. The van der Waals surface area contributed by atoms with Crippen LogP contribution in [0, 0.1) is 0 Å². The van der Waals surface area contributed by atoms with Crippen LogP contribution in [0.1, 0.15) is 0 Å². The summed E-state index contributed by atoms with van der Waals surface area (Å²) in [6, 6.07) is 0. The molecule has 4 nitrogen and oxygen atoms in total. The van der Waals surface area contributed by atoms with Crippen LogP contribution >= 0.6 is 22.6 Å². The fourth-order valence-corrected chi connectivity index (χ4v) is 1.15. The molecule has 1 fully saturated rings. The minimum Gasteiger partial charge on any atom is -0.395 e. The van der Waals surface area contributed by atoms with Gasteiger partial charge in [0.2, 0.25) is 0 Å². The Labute approximate surface area is 79.3 Å². The third-order valence-corrected chi connectivity index (χ3v) is 1.82. The summed E-state index contributed by atoms with van der Waals surface area (Å²) in [7, 11) is 0. The Balaban J connectivity index is 2.00. The third kappa shape index (κ3) is 2.92. The summed E-state index contributed by atoms with van der Waals surface area (Å²) in [5.41, 5.74) is 0. The first-order chi connectivity index (χ1) is 5.36. The molecule has 11 heavy (non-hydrogen) atoms. The molecule has 0 aromatic carbocycles. The van der Waals surface area contributed by atoms with Crippen LogP contribution in [0.25, 0.3) is 0 Å². The van der Waals surface area contributed by atoms with Gasteiger partial charge in [-0.2, -0.15) is 0 Å². The largest absolute Gasteiger partial charge is 0.395 e. The highest BCUT2D eigenvalue weighted by Crippen LogP contribution is 2.10. The lowest BCUT2D eigenvalue weighted by Crippen LogP contribution is -2.52. The van der Waals surface area contributed by atoms with Gasteiger partial charge in [-0.3, -0.25) is 4.90 Å². The number of aliphatic hydroxyl groups excluding tert-OH is 1. The predicted molar refractivity (Wildman–Crippen MR) is 50.9 cm³/mol. The van der Waals surface area contributed by atoms with Crippen LogP contribution in [-0.2, 0) is 4.84 Å². The summed E-state index contributed by atoms with van der Waals surface area (Å²) in [5.74, 6) is 0. The van der Waals surface area contributed by atoms with Crippen molar-refractivity contribution < 1.29 is 9.94 Å². The molecule has 1 aliphatic rings. The maximum atomic E-state index is 8.55. The van der Waals surface area contributed by atoms with Crippen molar-refractivity contribution >= 4 is 26.8 Å². The highest BCUT2D eigenvalue weighted by molar-refractivity contribution is 14.1. The molecule has 0 aromatic heterocycles. The van der Waals surface area contributed by atoms with Gasteiger partial charge in [0.05, 0.1) is 6.61 Å². The lowest BCUT2D eigenvalue weighted by Gasteiger charge is -2.36. The van der Waals surface area contributed by atoms with Gasteiger partial charge in [-0.25, -0.2) is 0 Å². The number of aliphatic hydroxyl groups is 1. The van der Waals surface area contributed by atoms with Crippen LogP contribution in [-0.4, -0.2) is 46.6 Å². The Bertz CT molecular complexity index is 137. The lowest BCUT2D eigenvalue weighted by atomic mass is 10.2. The molecule has 1 N–H and O–H groups in total.